The van der Waals surface area contributed by atoms with Gasteiger partial charge in [0.05, 0.1) is 24.2 Å². The van der Waals surface area contributed by atoms with Crippen molar-refractivity contribution >= 4 is 28.6 Å². The van der Waals surface area contributed by atoms with Gasteiger partial charge in [-0.2, -0.15) is 0 Å². The van der Waals surface area contributed by atoms with Crippen molar-refractivity contribution in [2.75, 3.05) is 0 Å². The van der Waals surface area contributed by atoms with Gasteiger partial charge < -0.3 is 31.8 Å². The maximum atomic E-state index is 13.2. The first-order valence-corrected chi connectivity index (χ1v) is 14.2. The van der Waals surface area contributed by atoms with Crippen LogP contribution >= 0.6 is 0 Å². The number of aromatic amines is 1. The number of fused-ring (bicyclic) bond motifs is 1. The van der Waals surface area contributed by atoms with Crippen LogP contribution in [0.25, 0.3) is 10.9 Å². The molecule has 9 nitrogen and oxygen atoms in total. The number of amides is 3. The standard InChI is InChI=1S/C33H39N5O4/c1-21(34)32(41)35-22(2)33(42)37-27(19-23-11-5-3-6-12-23)29(39)17-18-30(40)38-31(24-13-7-4-8-14-24)28-20-25-15-9-10-16-26(25)36-28/h3-16,20-22,27,29,31,36,39H,17-19,34H2,1-2H3,(H,35,41)(H,37,42)(H,38,40)/t21-,22-,27?,29?,31?/m0/s1. The number of hydrogen-bond acceptors (Lipinski definition) is 5. The zero-order valence-electron chi connectivity index (χ0n) is 23.9. The molecule has 5 atom stereocenters. The maximum absolute atomic E-state index is 13.2. The van der Waals surface area contributed by atoms with Crippen LogP contribution < -0.4 is 21.7 Å². The summed E-state index contributed by atoms with van der Waals surface area (Å²) in [6.45, 7) is 3.09. The van der Waals surface area contributed by atoms with E-state index in [0.717, 1.165) is 27.7 Å². The van der Waals surface area contributed by atoms with Gasteiger partial charge in [0.15, 0.2) is 0 Å². The van der Waals surface area contributed by atoms with Gasteiger partial charge in [0.25, 0.3) is 0 Å². The molecule has 0 saturated heterocycles. The van der Waals surface area contributed by atoms with Crippen LogP contribution in [0, 0.1) is 0 Å². The minimum atomic E-state index is -1.01. The molecule has 0 bridgehead atoms. The quantitative estimate of drug-likeness (QED) is 0.146. The van der Waals surface area contributed by atoms with Crippen LogP contribution in [-0.2, 0) is 20.8 Å². The second-order valence-electron chi connectivity index (χ2n) is 10.7. The first-order valence-electron chi connectivity index (χ1n) is 14.2. The smallest absolute Gasteiger partial charge is 0.242 e. The van der Waals surface area contributed by atoms with Gasteiger partial charge in [-0.1, -0.05) is 78.9 Å². The lowest BCUT2D eigenvalue weighted by atomic mass is 9.97. The Morgan fingerprint density at radius 2 is 1.48 bits per heavy atom. The molecule has 0 aliphatic heterocycles. The van der Waals surface area contributed by atoms with Crippen molar-refractivity contribution < 1.29 is 19.5 Å². The summed E-state index contributed by atoms with van der Waals surface area (Å²) in [5.41, 5.74) is 9.28. The van der Waals surface area contributed by atoms with Crippen LogP contribution in [0.3, 0.4) is 0 Å². The lowest BCUT2D eigenvalue weighted by Crippen LogP contribution is -2.54. The number of aliphatic hydroxyl groups is 1. The number of nitrogens with two attached hydrogens (primary N) is 1. The highest BCUT2D eigenvalue weighted by molar-refractivity contribution is 5.89. The van der Waals surface area contributed by atoms with Crippen molar-refractivity contribution in [1.29, 1.82) is 0 Å². The van der Waals surface area contributed by atoms with Gasteiger partial charge >= 0.3 is 0 Å². The average Bonchev–Trinajstić information content (AvgIpc) is 3.43. The predicted octanol–water partition coefficient (Wildman–Crippen LogP) is 3.09. The van der Waals surface area contributed by atoms with Crippen LogP contribution in [0.15, 0.2) is 91.0 Å². The number of benzene rings is 3. The zero-order chi connectivity index (χ0) is 30.1. The van der Waals surface area contributed by atoms with Crippen LogP contribution in [-0.4, -0.2) is 52.0 Å². The summed E-state index contributed by atoms with van der Waals surface area (Å²) in [4.78, 5) is 41.5. The number of hydrogen-bond donors (Lipinski definition) is 6. The third-order valence-electron chi connectivity index (χ3n) is 7.22. The van der Waals surface area contributed by atoms with Crippen molar-refractivity contribution in [3.8, 4) is 0 Å². The first-order chi connectivity index (χ1) is 20.2. The number of nitrogens with one attached hydrogen (secondary N) is 4. The van der Waals surface area contributed by atoms with E-state index in [1.165, 1.54) is 6.92 Å². The highest BCUT2D eigenvalue weighted by Gasteiger charge is 2.27. The summed E-state index contributed by atoms with van der Waals surface area (Å²) in [5.74, 6) is -1.13. The van der Waals surface area contributed by atoms with E-state index in [1.54, 1.807) is 6.92 Å². The van der Waals surface area contributed by atoms with Crippen LogP contribution in [0.2, 0.25) is 0 Å². The van der Waals surface area contributed by atoms with E-state index in [0.29, 0.717) is 6.42 Å². The molecule has 0 aliphatic carbocycles. The van der Waals surface area contributed by atoms with Gasteiger partial charge in [-0.05, 0) is 55.3 Å². The summed E-state index contributed by atoms with van der Waals surface area (Å²) in [5, 5.41) is 20.8. The molecule has 4 aromatic rings. The molecule has 4 rings (SSSR count). The number of H-pyrrole nitrogens is 1. The van der Waals surface area contributed by atoms with Crippen LogP contribution in [0.1, 0.15) is 49.6 Å². The fourth-order valence-corrected chi connectivity index (χ4v) is 4.82. The molecule has 220 valence electrons. The van der Waals surface area contributed by atoms with Crippen molar-refractivity contribution in [2.24, 2.45) is 5.73 Å². The Morgan fingerprint density at radius 1 is 0.833 bits per heavy atom. The van der Waals surface area contributed by atoms with Crippen LogP contribution in [0.4, 0.5) is 0 Å². The van der Waals surface area contributed by atoms with Crippen LogP contribution in [0.5, 0.6) is 0 Å². The second kappa shape index (κ2) is 14.4. The summed E-state index contributed by atoms with van der Waals surface area (Å²) in [6.07, 6.45) is -0.494. The fraction of sp³-hybridized carbons (Fsp3) is 0.303. The number of aromatic nitrogens is 1. The second-order valence-corrected chi connectivity index (χ2v) is 10.7. The van der Waals surface area contributed by atoms with E-state index in [-0.39, 0.29) is 18.7 Å². The topological polar surface area (TPSA) is 149 Å². The normalized spacial score (nSPS) is 14.8. The van der Waals surface area contributed by atoms with Crippen molar-refractivity contribution in [3.63, 3.8) is 0 Å². The molecule has 3 unspecified atom stereocenters. The number of para-hydroxylation sites is 1. The monoisotopic (exact) mass is 569 g/mol. The maximum Gasteiger partial charge on any atom is 0.242 e. The summed E-state index contributed by atoms with van der Waals surface area (Å²) >= 11 is 0. The summed E-state index contributed by atoms with van der Waals surface area (Å²) in [6, 6.07) is 26.4. The van der Waals surface area contributed by atoms with Gasteiger partial charge in [-0.3, -0.25) is 14.4 Å². The highest BCUT2D eigenvalue weighted by atomic mass is 16.3. The zero-order valence-corrected chi connectivity index (χ0v) is 23.9. The Labute approximate surface area is 245 Å². The van der Waals surface area contributed by atoms with Crippen molar-refractivity contribution in [2.45, 2.75) is 63.4 Å². The Balaban J connectivity index is 1.44. The van der Waals surface area contributed by atoms with E-state index in [9.17, 15) is 19.5 Å². The van der Waals surface area contributed by atoms with E-state index < -0.39 is 42.1 Å². The third kappa shape index (κ3) is 8.28. The predicted molar refractivity (Wildman–Crippen MR) is 163 cm³/mol. The SMILES string of the molecule is C[C@H](N)C(=O)N[C@@H](C)C(=O)NC(Cc1ccccc1)C(O)CCC(=O)NC(c1ccccc1)c1cc2ccccc2[nH]1. The van der Waals surface area contributed by atoms with Gasteiger partial charge in [-0.15, -0.1) is 0 Å². The Bertz CT molecular complexity index is 1440. The average molecular weight is 570 g/mol. The molecule has 3 amide bonds. The molecule has 9 heteroatoms. The third-order valence-corrected chi connectivity index (χ3v) is 7.22. The number of carbonyl (C=O) groups is 3. The Hall–Kier alpha value is -4.47. The van der Waals surface area contributed by atoms with Gasteiger partial charge in [-0.25, -0.2) is 0 Å². The first kappa shape index (κ1) is 30.5. The molecule has 0 fully saturated rings. The molecule has 0 radical (unpaired) electrons. The fourth-order valence-electron chi connectivity index (χ4n) is 4.82. The molecule has 7 N–H and O–H groups in total. The molecule has 1 aromatic heterocycles. The van der Waals surface area contributed by atoms with Gasteiger partial charge in [0, 0.05) is 17.6 Å². The molecule has 42 heavy (non-hydrogen) atoms. The number of rotatable bonds is 13. The minimum Gasteiger partial charge on any atom is -0.391 e. The molecule has 0 saturated carbocycles. The Kier molecular flexibility index (Phi) is 10.5. The lowest BCUT2D eigenvalue weighted by Gasteiger charge is -2.26. The number of carbonyl (C=O) groups excluding carboxylic acids is 3. The Morgan fingerprint density at radius 3 is 2.14 bits per heavy atom. The van der Waals surface area contributed by atoms with E-state index in [1.807, 2.05) is 91.0 Å². The minimum absolute atomic E-state index is 0.0445. The summed E-state index contributed by atoms with van der Waals surface area (Å²) < 4.78 is 0. The molecule has 0 aliphatic rings. The van der Waals surface area contributed by atoms with Crippen molar-refractivity contribution in [3.05, 3.63) is 108 Å². The van der Waals surface area contributed by atoms with Crippen molar-refractivity contribution in [1.82, 2.24) is 20.9 Å². The van der Waals surface area contributed by atoms with E-state index >= 15 is 0 Å². The molecule has 0 spiro atoms. The molecular formula is C33H39N5O4. The van der Waals surface area contributed by atoms with Gasteiger partial charge in [0.1, 0.15) is 6.04 Å². The summed E-state index contributed by atoms with van der Waals surface area (Å²) in [7, 11) is 0. The molecule has 1 heterocycles. The van der Waals surface area contributed by atoms with Gasteiger partial charge in [0.2, 0.25) is 17.7 Å². The van der Waals surface area contributed by atoms with E-state index in [4.69, 9.17) is 5.73 Å². The molecule has 3 aromatic carbocycles. The number of aliphatic hydroxyl groups excluding tert-OH is 1. The largest absolute Gasteiger partial charge is 0.391 e. The lowest BCUT2D eigenvalue weighted by molar-refractivity contribution is -0.130. The van der Waals surface area contributed by atoms with E-state index in [2.05, 4.69) is 20.9 Å². The molecular weight excluding hydrogens is 530 g/mol. The highest BCUT2D eigenvalue weighted by Crippen LogP contribution is 2.25.